The van der Waals surface area contributed by atoms with Crippen LogP contribution in [0.1, 0.15) is 36.8 Å². The first kappa shape index (κ1) is 14.2. The third kappa shape index (κ3) is 3.86. The summed E-state index contributed by atoms with van der Waals surface area (Å²) in [6.45, 7) is 2.55. The average molecular weight is 273 g/mol. The van der Waals surface area contributed by atoms with Gasteiger partial charge in [-0.3, -0.25) is 4.90 Å². The van der Waals surface area contributed by atoms with E-state index in [1.165, 1.54) is 25.0 Å². The maximum atomic E-state index is 12.5. The molecule has 19 heavy (non-hydrogen) atoms. The summed E-state index contributed by atoms with van der Waals surface area (Å²) in [6, 6.07) is 3.64. The topological polar surface area (TPSA) is 23.5 Å². The van der Waals surface area contributed by atoms with Gasteiger partial charge in [0.15, 0.2) is 0 Å². The Kier molecular flexibility index (Phi) is 4.34. The van der Waals surface area contributed by atoms with Crippen LogP contribution < -0.4 is 0 Å². The van der Waals surface area contributed by atoms with Crippen LogP contribution in [-0.2, 0) is 12.7 Å². The Morgan fingerprint density at radius 2 is 1.68 bits per heavy atom. The highest BCUT2D eigenvalue weighted by atomic mass is 19.4. The van der Waals surface area contributed by atoms with Gasteiger partial charge in [-0.1, -0.05) is 18.9 Å². The van der Waals surface area contributed by atoms with E-state index in [4.69, 9.17) is 0 Å². The number of benzene rings is 1. The molecular weight excluding hydrogens is 255 g/mol. The fourth-order valence-electron chi connectivity index (χ4n) is 2.47. The number of hydrogen-bond donors (Lipinski definition) is 1. The number of phenols is 1. The summed E-state index contributed by atoms with van der Waals surface area (Å²) < 4.78 is 37.6. The largest absolute Gasteiger partial charge is 0.507 e. The van der Waals surface area contributed by atoms with Crippen LogP contribution in [0, 0.1) is 0 Å². The van der Waals surface area contributed by atoms with E-state index in [0.29, 0.717) is 6.54 Å². The zero-order valence-corrected chi connectivity index (χ0v) is 10.7. The average Bonchev–Trinajstić information content (AvgIpc) is 2.56. The van der Waals surface area contributed by atoms with Crippen LogP contribution in [0.15, 0.2) is 18.2 Å². The van der Waals surface area contributed by atoms with Gasteiger partial charge in [0.25, 0.3) is 0 Å². The van der Waals surface area contributed by atoms with Gasteiger partial charge in [0.05, 0.1) is 5.56 Å². The van der Waals surface area contributed by atoms with Crippen molar-refractivity contribution in [3.8, 4) is 5.75 Å². The molecule has 0 amide bonds. The highest BCUT2D eigenvalue weighted by molar-refractivity contribution is 5.38. The summed E-state index contributed by atoms with van der Waals surface area (Å²) in [7, 11) is 0. The molecule has 1 aliphatic rings. The molecule has 0 atom stereocenters. The molecule has 1 aliphatic heterocycles. The molecule has 0 unspecified atom stereocenters. The van der Waals surface area contributed by atoms with E-state index in [-0.39, 0.29) is 0 Å². The van der Waals surface area contributed by atoms with E-state index in [2.05, 4.69) is 4.90 Å². The molecule has 1 aromatic carbocycles. The molecule has 2 nitrogen and oxygen atoms in total. The minimum absolute atomic E-state index is 0.603. The third-order valence-corrected chi connectivity index (χ3v) is 3.47. The van der Waals surface area contributed by atoms with Crippen molar-refractivity contribution in [1.29, 1.82) is 0 Å². The van der Waals surface area contributed by atoms with Gasteiger partial charge < -0.3 is 5.11 Å². The second-order valence-electron chi connectivity index (χ2n) is 5.04. The van der Waals surface area contributed by atoms with Gasteiger partial charge in [-0.2, -0.15) is 13.2 Å². The lowest BCUT2D eigenvalue weighted by atomic mass is 10.1. The standard InChI is InChI=1S/C14H18F3NO/c15-14(16,17)12-6-5-11(9-13(12)19)10-18-7-3-1-2-4-8-18/h5-6,9,19H,1-4,7-8,10H2. The van der Waals surface area contributed by atoms with E-state index in [0.717, 1.165) is 37.6 Å². The van der Waals surface area contributed by atoms with Gasteiger partial charge in [0.2, 0.25) is 0 Å². The molecule has 0 aromatic heterocycles. The smallest absolute Gasteiger partial charge is 0.419 e. The van der Waals surface area contributed by atoms with Gasteiger partial charge in [-0.05, 0) is 43.6 Å². The highest BCUT2D eigenvalue weighted by Crippen LogP contribution is 2.36. The minimum atomic E-state index is -4.49. The molecule has 1 fully saturated rings. The number of alkyl halides is 3. The van der Waals surface area contributed by atoms with Crippen LogP contribution in [0.3, 0.4) is 0 Å². The Morgan fingerprint density at radius 3 is 2.21 bits per heavy atom. The molecule has 1 saturated heterocycles. The van der Waals surface area contributed by atoms with Crippen LogP contribution >= 0.6 is 0 Å². The zero-order chi connectivity index (χ0) is 13.9. The minimum Gasteiger partial charge on any atom is -0.507 e. The van der Waals surface area contributed by atoms with Crippen LogP contribution in [0.25, 0.3) is 0 Å². The Hall–Kier alpha value is -1.23. The normalized spacial score (nSPS) is 18.3. The molecular formula is C14H18F3NO. The third-order valence-electron chi connectivity index (χ3n) is 3.47. The second kappa shape index (κ2) is 5.82. The SMILES string of the molecule is Oc1cc(CN2CCCCCC2)ccc1C(F)(F)F. The van der Waals surface area contributed by atoms with Gasteiger partial charge in [0, 0.05) is 6.54 Å². The van der Waals surface area contributed by atoms with E-state index in [9.17, 15) is 18.3 Å². The molecule has 0 spiro atoms. The monoisotopic (exact) mass is 273 g/mol. The molecule has 0 bridgehead atoms. The van der Waals surface area contributed by atoms with Gasteiger partial charge in [-0.25, -0.2) is 0 Å². The zero-order valence-electron chi connectivity index (χ0n) is 10.7. The van der Waals surface area contributed by atoms with E-state index < -0.39 is 17.5 Å². The molecule has 0 radical (unpaired) electrons. The summed E-state index contributed by atoms with van der Waals surface area (Å²) in [5.74, 6) is -0.681. The number of likely N-dealkylation sites (tertiary alicyclic amines) is 1. The van der Waals surface area contributed by atoms with Crippen molar-refractivity contribution in [3.63, 3.8) is 0 Å². The lowest BCUT2D eigenvalue weighted by molar-refractivity contribution is -0.138. The Labute approximate surface area is 110 Å². The summed E-state index contributed by atoms with van der Waals surface area (Å²) in [4.78, 5) is 2.23. The van der Waals surface area contributed by atoms with Crippen LogP contribution in [0.4, 0.5) is 13.2 Å². The molecule has 1 heterocycles. The predicted molar refractivity (Wildman–Crippen MR) is 66.9 cm³/mol. The molecule has 1 aromatic rings. The van der Waals surface area contributed by atoms with Crippen molar-refractivity contribution < 1.29 is 18.3 Å². The first-order valence-corrected chi connectivity index (χ1v) is 6.58. The lowest BCUT2D eigenvalue weighted by Crippen LogP contribution is -2.24. The van der Waals surface area contributed by atoms with Crippen molar-refractivity contribution in [2.75, 3.05) is 13.1 Å². The number of rotatable bonds is 2. The predicted octanol–water partition coefficient (Wildman–Crippen LogP) is 3.79. The summed E-state index contributed by atoms with van der Waals surface area (Å²) in [5, 5.41) is 9.47. The van der Waals surface area contributed by atoms with E-state index >= 15 is 0 Å². The summed E-state index contributed by atoms with van der Waals surface area (Å²) >= 11 is 0. The summed E-state index contributed by atoms with van der Waals surface area (Å²) in [5.41, 5.74) is -0.237. The maximum absolute atomic E-state index is 12.5. The Bertz CT molecular complexity index is 423. The quantitative estimate of drug-likeness (QED) is 0.886. The van der Waals surface area contributed by atoms with Crippen molar-refractivity contribution in [3.05, 3.63) is 29.3 Å². The molecule has 0 saturated carbocycles. The number of hydrogen-bond acceptors (Lipinski definition) is 2. The van der Waals surface area contributed by atoms with Crippen molar-refractivity contribution >= 4 is 0 Å². The van der Waals surface area contributed by atoms with Crippen molar-refractivity contribution in [1.82, 2.24) is 4.90 Å². The van der Waals surface area contributed by atoms with Crippen molar-refractivity contribution in [2.45, 2.75) is 38.4 Å². The molecule has 1 N–H and O–H groups in total. The first-order valence-electron chi connectivity index (χ1n) is 6.58. The number of nitrogens with zero attached hydrogens (tertiary/aromatic N) is 1. The van der Waals surface area contributed by atoms with Crippen LogP contribution in [0.2, 0.25) is 0 Å². The fourth-order valence-corrected chi connectivity index (χ4v) is 2.47. The van der Waals surface area contributed by atoms with Gasteiger partial charge in [-0.15, -0.1) is 0 Å². The number of aromatic hydroxyl groups is 1. The second-order valence-corrected chi connectivity index (χ2v) is 5.04. The van der Waals surface area contributed by atoms with Gasteiger partial charge in [0.1, 0.15) is 5.75 Å². The molecule has 0 aliphatic carbocycles. The van der Waals surface area contributed by atoms with Gasteiger partial charge >= 0.3 is 6.18 Å². The van der Waals surface area contributed by atoms with E-state index in [1.54, 1.807) is 0 Å². The molecule has 5 heteroatoms. The molecule has 2 rings (SSSR count). The van der Waals surface area contributed by atoms with Crippen LogP contribution in [-0.4, -0.2) is 23.1 Å². The Morgan fingerprint density at radius 1 is 1.05 bits per heavy atom. The first-order chi connectivity index (χ1) is 8.97. The number of halogens is 3. The number of phenolic OH excluding ortho intramolecular Hbond substituents is 1. The van der Waals surface area contributed by atoms with E-state index in [1.807, 2.05) is 0 Å². The summed E-state index contributed by atoms with van der Waals surface area (Å²) in [6.07, 6.45) is 0.202. The highest BCUT2D eigenvalue weighted by Gasteiger charge is 2.33. The lowest BCUT2D eigenvalue weighted by Gasteiger charge is -2.20. The maximum Gasteiger partial charge on any atom is 0.419 e. The van der Waals surface area contributed by atoms with Crippen LogP contribution in [0.5, 0.6) is 5.75 Å². The fraction of sp³-hybridized carbons (Fsp3) is 0.571. The van der Waals surface area contributed by atoms with Crippen molar-refractivity contribution in [2.24, 2.45) is 0 Å². The Balaban J connectivity index is 2.07. The molecule has 106 valence electrons.